The van der Waals surface area contributed by atoms with Gasteiger partial charge in [0, 0.05) is 26.3 Å². The predicted molar refractivity (Wildman–Crippen MR) is 72.4 cm³/mol. The fourth-order valence-electron chi connectivity index (χ4n) is 1.67. The van der Waals surface area contributed by atoms with Crippen molar-refractivity contribution in [3.05, 3.63) is 34.3 Å². The average molecular weight is 264 g/mol. The lowest BCUT2D eigenvalue weighted by atomic mass is 10.3. The van der Waals surface area contributed by atoms with Crippen molar-refractivity contribution in [3.63, 3.8) is 0 Å². The smallest absolute Gasteiger partial charge is 0.276 e. The number of rotatable bonds is 4. The van der Waals surface area contributed by atoms with Gasteiger partial charge in [-0.25, -0.2) is 0 Å². The first-order valence-electron chi connectivity index (χ1n) is 5.71. The van der Waals surface area contributed by atoms with Crippen molar-refractivity contribution in [3.8, 4) is 0 Å². The lowest BCUT2D eigenvalue weighted by molar-refractivity contribution is 0.0779. The lowest BCUT2D eigenvalue weighted by Gasteiger charge is -2.15. The van der Waals surface area contributed by atoms with Crippen LogP contribution < -0.4 is 5.73 Å². The Morgan fingerprint density at radius 2 is 2.39 bits per heavy atom. The molecule has 0 atom stereocenters. The molecule has 2 heterocycles. The van der Waals surface area contributed by atoms with E-state index < -0.39 is 0 Å². The third kappa shape index (κ3) is 2.53. The normalized spacial score (nSPS) is 10.6. The monoisotopic (exact) mass is 264 g/mol. The van der Waals surface area contributed by atoms with E-state index in [0.717, 1.165) is 5.56 Å². The Bertz CT molecular complexity index is 532. The second kappa shape index (κ2) is 5.22. The number of nitrogens with zero attached hydrogens (tertiary/aromatic N) is 3. The minimum atomic E-state index is -0.147. The first-order chi connectivity index (χ1) is 8.61. The van der Waals surface area contributed by atoms with Gasteiger partial charge in [-0.2, -0.15) is 16.4 Å². The molecule has 2 rings (SSSR count). The summed E-state index contributed by atoms with van der Waals surface area (Å²) in [6.45, 7) is 3.22. The van der Waals surface area contributed by atoms with Crippen molar-refractivity contribution in [1.29, 1.82) is 0 Å². The molecule has 0 aliphatic heterocycles. The number of nitrogen functional groups attached to an aromatic ring is 1. The Kier molecular flexibility index (Phi) is 3.66. The number of aromatic nitrogens is 2. The Hall–Kier alpha value is -1.82. The summed E-state index contributed by atoms with van der Waals surface area (Å²) >= 11 is 1.62. The van der Waals surface area contributed by atoms with Gasteiger partial charge < -0.3 is 10.6 Å². The van der Waals surface area contributed by atoms with E-state index in [9.17, 15) is 4.79 Å². The highest BCUT2D eigenvalue weighted by molar-refractivity contribution is 7.07. The fraction of sp³-hybridized carbons (Fsp3) is 0.333. The number of anilines is 1. The number of aryl methyl sites for hydroxylation is 1. The summed E-state index contributed by atoms with van der Waals surface area (Å²) in [6.07, 6.45) is 1.69. The molecule has 0 saturated carbocycles. The van der Waals surface area contributed by atoms with Crippen LogP contribution >= 0.6 is 11.3 Å². The molecular weight excluding hydrogens is 248 g/mol. The highest BCUT2D eigenvalue weighted by Gasteiger charge is 2.18. The van der Waals surface area contributed by atoms with E-state index in [1.807, 2.05) is 23.8 Å². The van der Waals surface area contributed by atoms with Crippen LogP contribution in [0.4, 0.5) is 5.69 Å². The Balaban J connectivity index is 2.12. The van der Waals surface area contributed by atoms with Crippen LogP contribution in [0.15, 0.2) is 23.0 Å². The standard InChI is InChI=1S/C12H16N4OS/c1-3-16-7-10(13)11(14-16)12(17)15(2)6-9-4-5-18-8-9/h4-5,7-8H,3,6,13H2,1-2H3. The number of nitrogens with two attached hydrogens (primary N) is 1. The molecule has 0 fully saturated rings. The summed E-state index contributed by atoms with van der Waals surface area (Å²) in [5.74, 6) is -0.147. The molecule has 0 spiro atoms. The zero-order valence-electron chi connectivity index (χ0n) is 10.5. The largest absolute Gasteiger partial charge is 0.396 e. The molecule has 18 heavy (non-hydrogen) atoms. The maximum atomic E-state index is 12.2. The van der Waals surface area contributed by atoms with Crippen LogP contribution in [0.3, 0.4) is 0 Å². The number of carbonyl (C=O) groups is 1. The van der Waals surface area contributed by atoms with E-state index in [0.29, 0.717) is 24.5 Å². The third-order valence-corrected chi connectivity index (χ3v) is 3.40. The minimum Gasteiger partial charge on any atom is -0.396 e. The predicted octanol–water partition coefficient (Wildman–Crippen LogP) is 1.82. The number of hydrogen-bond donors (Lipinski definition) is 1. The molecule has 5 nitrogen and oxygen atoms in total. The van der Waals surface area contributed by atoms with Crippen LogP contribution in [-0.4, -0.2) is 27.6 Å². The molecule has 2 N–H and O–H groups in total. The number of thiophene rings is 1. The van der Waals surface area contributed by atoms with Crippen molar-refractivity contribution in [2.75, 3.05) is 12.8 Å². The van der Waals surface area contributed by atoms with Gasteiger partial charge in [0.2, 0.25) is 0 Å². The summed E-state index contributed by atoms with van der Waals surface area (Å²) in [4.78, 5) is 13.8. The Morgan fingerprint density at radius 1 is 1.61 bits per heavy atom. The topological polar surface area (TPSA) is 64.2 Å². The SMILES string of the molecule is CCn1cc(N)c(C(=O)N(C)Cc2ccsc2)n1. The Morgan fingerprint density at radius 3 is 2.94 bits per heavy atom. The van der Waals surface area contributed by atoms with Crippen molar-refractivity contribution >= 4 is 22.9 Å². The molecule has 0 aliphatic rings. The summed E-state index contributed by atoms with van der Waals surface area (Å²) in [5, 5.41) is 8.20. The molecule has 0 unspecified atom stereocenters. The number of amides is 1. The second-order valence-corrected chi connectivity index (χ2v) is 4.86. The first-order valence-corrected chi connectivity index (χ1v) is 6.65. The molecule has 0 radical (unpaired) electrons. The second-order valence-electron chi connectivity index (χ2n) is 4.08. The zero-order chi connectivity index (χ0) is 13.1. The van der Waals surface area contributed by atoms with Crippen LogP contribution in [0, 0.1) is 0 Å². The number of carbonyl (C=O) groups excluding carboxylic acids is 1. The molecular formula is C12H16N4OS. The highest BCUT2D eigenvalue weighted by Crippen LogP contribution is 2.14. The summed E-state index contributed by atoms with van der Waals surface area (Å²) in [6, 6.07) is 2.00. The summed E-state index contributed by atoms with van der Waals surface area (Å²) in [7, 11) is 1.75. The molecule has 96 valence electrons. The van der Waals surface area contributed by atoms with Gasteiger partial charge >= 0.3 is 0 Å². The van der Waals surface area contributed by atoms with Crippen molar-refractivity contribution in [1.82, 2.24) is 14.7 Å². The van der Waals surface area contributed by atoms with Gasteiger partial charge in [0.15, 0.2) is 5.69 Å². The van der Waals surface area contributed by atoms with Gasteiger partial charge in [0.1, 0.15) is 0 Å². The van der Waals surface area contributed by atoms with Gasteiger partial charge in [0.25, 0.3) is 5.91 Å². The molecule has 0 saturated heterocycles. The third-order valence-electron chi connectivity index (χ3n) is 2.66. The molecule has 2 aromatic heterocycles. The van der Waals surface area contributed by atoms with Crippen LogP contribution in [0.25, 0.3) is 0 Å². The highest BCUT2D eigenvalue weighted by atomic mass is 32.1. The van der Waals surface area contributed by atoms with Gasteiger partial charge in [-0.15, -0.1) is 0 Å². The van der Waals surface area contributed by atoms with Crippen LogP contribution in [0.2, 0.25) is 0 Å². The van der Waals surface area contributed by atoms with Gasteiger partial charge in [-0.3, -0.25) is 9.48 Å². The number of hydrogen-bond acceptors (Lipinski definition) is 4. The van der Waals surface area contributed by atoms with E-state index in [1.165, 1.54) is 0 Å². The van der Waals surface area contributed by atoms with E-state index >= 15 is 0 Å². The summed E-state index contributed by atoms with van der Waals surface area (Å²) in [5.41, 5.74) is 7.67. The molecule has 1 amide bonds. The maximum Gasteiger partial charge on any atom is 0.276 e. The van der Waals surface area contributed by atoms with Gasteiger partial charge in [-0.05, 0) is 29.3 Å². The van der Waals surface area contributed by atoms with Crippen molar-refractivity contribution in [2.24, 2.45) is 0 Å². The van der Waals surface area contributed by atoms with Crippen molar-refractivity contribution in [2.45, 2.75) is 20.0 Å². The van der Waals surface area contributed by atoms with Crippen LogP contribution in [0.1, 0.15) is 23.0 Å². The van der Waals surface area contributed by atoms with E-state index in [-0.39, 0.29) is 5.91 Å². The molecule has 2 aromatic rings. The quantitative estimate of drug-likeness (QED) is 0.916. The molecule has 0 aromatic carbocycles. The van der Waals surface area contributed by atoms with E-state index in [2.05, 4.69) is 5.10 Å². The van der Waals surface area contributed by atoms with E-state index in [1.54, 1.807) is 34.2 Å². The Labute approximate surface area is 110 Å². The molecule has 6 heteroatoms. The van der Waals surface area contributed by atoms with Gasteiger partial charge in [0.05, 0.1) is 5.69 Å². The first kappa shape index (κ1) is 12.6. The zero-order valence-corrected chi connectivity index (χ0v) is 11.3. The molecule has 0 bridgehead atoms. The minimum absolute atomic E-state index is 0.147. The van der Waals surface area contributed by atoms with Crippen LogP contribution in [-0.2, 0) is 13.1 Å². The average Bonchev–Trinajstić information content (AvgIpc) is 2.97. The van der Waals surface area contributed by atoms with Crippen molar-refractivity contribution < 1.29 is 4.79 Å². The van der Waals surface area contributed by atoms with Gasteiger partial charge in [-0.1, -0.05) is 0 Å². The molecule has 0 aliphatic carbocycles. The summed E-state index contributed by atoms with van der Waals surface area (Å²) < 4.78 is 1.67. The maximum absolute atomic E-state index is 12.2. The van der Waals surface area contributed by atoms with Crippen LogP contribution in [0.5, 0.6) is 0 Å². The lowest BCUT2D eigenvalue weighted by Crippen LogP contribution is -2.27. The van der Waals surface area contributed by atoms with E-state index in [4.69, 9.17) is 5.73 Å². The fourth-order valence-corrected chi connectivity index (χ4v) is 2.33.